The normalized spacial score (nSPS) is 28.5. The average molecular weight is 327 g/mol. The Hall–Kier alpha value is -0.620. The molecule has 2 aliphatic heterocycles. The quantitative estimate of drug-likeness (QED) is 0.896. The number of benzene rings is 1. The molecule has 0 radical (unpaired) electrons. The SMILES string of the molecule is CN1CCO[C@H]2CN(Cc3cc(O)ccc3Br)C[C@H]21. The van der Waals surface area contributed by atoms with Crippen LogP contribution in [0.15, 0.2) is 22.7 Å². The van der Waals surface area contributed by atoms with Crippen LogP contribution in [0, 0.1) is 0 Å². The average Bonchev–Trinajstić information content (AvgIpc) is 2.78. The van der Waals surface area contributed by atoms with Gasteiger partial charge in [0.05, 0.1) is 12.7 Å². The zero-order valence-electron chi connectivity index (χ0n) is 11.1. The van der Waals surface area contributed by atoms with Crippen LogP contribution in [0.2, 0.25) is 0 Å². The largest absolute Gasteiger partial charge is 0.508 e. The maximum atomic E-state index is 9.59. The monoisotopic (exact) mass is 326 g/mol. The summed E-state index contributed by atoms with van der Waals surface area (Å²) in [6.07, 6.45) is 0.329. The first-order chi connectivity index (χ1) is 9.13. The van der Waals surface area contributed by atoms with Crippen LogP contribution in [0.5, 0.6) is 5.75 Å². The summed E-state index contributed by atoms with van der Waals surface area (Å²) in [7, 11) is 2.17. The van der Waals surface area contributed by atoms with E-state index >= 15 is 0 Å². The van der Waals surface area contributed by atoms with Gasteiger partial charge < -0.3 is 9.84 Å². The second-order valence-corrected chi connectivity index (χ2v) is 6.28. The molecule has 0 amide bonds. The number of halogens is 1. The Morgan fingerprint density at radius 2 is 2.26 bits per heavy atom. The van der Waals surface area contributed by atoms with Crippen LogP contribution >= 0.6 is 15.9 Å². The summed E-state index contributed by atoms with van der Waals surface area (Å²) < 4.78 is 6.90. The van der Waals surface area contributed by atoms with Crippen LogP contribution in [0.25, 0.3) is 0 Å². The standard InChI is InChI=1S/C14H19BrN2O2/c1-16-4-5-19-14-9-17(8-13(14)16)7-10-6-11(18)2-3-12(10)15/h2-3,6,13-14,18H,4-5,7-9H2,1H3/t13-,14+/m1/s1. The summed E-state index contributed by atoms with van der Waals surface area (Å²) in [6, 6.07) is 5.94. The predicted molar refractivity (Wildman–Crippen MR) is 77.2 cm³/mol. The number of hydrogen-bond donors (Lipinski definition) is 1. The van der Waals surface area contributed by atoms with Crippen molar-refractivity contribution in [2.45, 2.75) is 18.7 Å². The third-order valence-electron chi connectivity index (χ3n) is 4.08. The van der Waals surface area contributed by atoms with E-state index in [0.29, 0.717) is 17.9 Å². The van der Waals surface area contributed by atoms with Crippen molar-refractivity contribution in [3.05, 3.63) is 28.2 Å². The van der Waals surface area contributed by atoms with Gasteiger partial charge in [0.2, 0.25) is 0 Å². The number of rotatable bonds is 2. The van der Waals surface area contributed by atoms with E-state index in [1.54, 1.807) is 6.07 Å². The smallest absolute Gasteiger partial charge is 0.115 e. The van der Waals surface area contributed by atoms with E-state index in [0.717, 1.165) is 42.8 Å². The number of fused-ring (bicyclic) bond motifs is 1. The minimum absolute atomic E-state index is 0.322. The van der Waals surface area contributed by atoms with Crippen molar-refractivity contribution in [3.63, 3.8) is 0 Å². The van der Waals surface area contributed by atoms with Crippen LogP contribution in [0.1, 0.15) is 5.56 Å². The lowest BCUT2D eigenvalue weighted by Crippen LogP contribution is -2.48. The maximum Gasteiger partial charge on any atom is 0.115 e. The molecule has 2 saturated heterocycles. The first-order valence-electron chi connectivity index (χ1n) is 6.65. The van der Waals surface area contributed by atoms with Gasteiger partial charge in [-0.05, 0) is 30.8 Å². The van der Waals surface area contributed by atoms with Gasteiger partial charge in [-0.2, -0.15) is 0 Å². The molecule has 2 aliphatic rings. The van der Waals surface area contributed by atoms with Crippen molar-refractivity contribution in [2.24, 2.45) is 0 Å². The first kappa shape index (κ1) is 13.4. The summed E-state index contributed by atoms with van der Waals surface area (Å²) in [5.74, 6) is 0.322. The second-order valence-electron chi connectivity index (χ2n) is 5.43. The van der Waals surface area contributed by atoms with Crippen molar-refractivity contribution < 1.29 is 9.84 Å². The van der Waals surface area contributed by atoms with Gasteiger partial charge >= 0.3 is 0 Å². The Labute approximate surface area is 122 Å². The predicted octanol–water partition coefficient (Wildman–Crippen LogP) is 1.67. The van der Waals surface area contributed by atoms with Gasteiger partial charge in [0.15, 0.2) is 0 Å². The van der Waals surface area contributed by atoms with Crippen LogP contribution < -0.4 is 0 Å². The van der Waals surface area contributed by atoms with Crippen molar-refractivity contribution >= 4 is 15.9 Å². The molecule has 1 aromatic carbocycles. The van der Waals surface area contributed by atoms with Crippen molar-refractivity contribution in [3.8, 4) is 5.75 Å². The molecule has 2 fully saturated rings. The summed E-state index contributed by atoms with van der Waals surface area (Å²) in [5.41, 5.74) is 1.13. The van der Waals surface area contributed by atoms with Crippen LogP contribution in [0.3, 0.4) is 0 Å². The molecule has 1 N–H and O–H groups in total. The number of phenols is 1. The van der Waals surface area contributed by atoms with Gasteiger partial charge in [-0.15, -0.1) is 0 Å². The minimum atomic E-state index is 0.322. The highest BCUT2D eigenvalue weighted by Gasteiger charge is 2.38. The molecular formula is C14H19BrN2O2. The van der Waals surface area contributed by atoms with E-state index in [9.17, 15) is 5.11 Å². The molecule has 2 atom stereocenters. The van der Waals surface area contributed by atoms with Crippen molar-refractivity contribution in [2.75, 3.05) is 33.3 Å². The van der Waals surface area contributed by atoms with Gasteiger partial charge in [0.25, 0.3) is 0 Å². The highest BCUT2D eigenvalue weighted by molar-refractivity contribution is 9.10. The van der Waals surface area contributed by atoms with Crippen LogP contribution in [0.4, 0.5) is 0 Å². The van der Waals surface area contributed by atoms with E-state index < -0.39 is 0 Å². The van der Waals surface area contributed by atoms with E-state index in [4.69, 9.17) is 4.74 Å². The fourth-order valence-corrected chi connectivity index (χ4v) is 3.36. The molecular weight excluding hydrogens is 308 g/mol. The Kier molecular flexibility index (Phi) is 3.80. The number of nitrogens with zero attached hydrogens (tertiary/aromatic N) is 2. The van der Waals surface area contributed by atoms with Crippen molar-refractivity contribution in [1.82, 2.24) is 9.80 Å². The topological polar surface area (TPSA) is 35.9 Å². The fourth-order valence-electron chi connectivity index (χ4n) is 2.99. The molecule has 2 heterocycles. The lowest BCUT2D eigenvalue weighted by atomic mass is 10.1. The highest BCUT2D eigenvalue weighted by Crippen LogP contribution is 2.27. The molecule has 0 bridgehead atoms. The number of likely N-dealkylation sites (tertiary alicyclic amines) is 1. The Morgan fingerprint density at radius 1 is 1.42 bits per heavy atom. The third-order valence-corrected chi connectivity index (χ3v) is 4.85. The van der Waals surface area contributed by atoms with Gasteiger partial charge in [0.1, 0.15) is 5.75 Å². The third kappa shape index (κ3) is 2.79. The summed E-state index contributed by atoms with van der Waals surface area (Å²) in [5, 5.41) is 9.59. The molecule has 5 heteroatoms. The zero-order valence-corrected chi connectivity index (χ0v) is 12.6. The Balaban J connectivity index is 1.70. The second kappa shape index (κ2) is 5.40. The fraction of sp³-hybridized carbons (Fsp3) is 0.571. The summed E-state index contributed by atoms with van der Waals surface area (Å²) in [4.78, 5) is 4.79. The Morgan fingerprint density at radius 3 is 3.05 bits per heavy atom. The van der Waals surface area contributed by atoms with Crippen LogP contribution in [-0.4, -0.2) is 60.3 Å². The van der Waals surface area contributed by atoms with Gasteiger partial charge in [0, 0.05) is 36.7 Å². The van der Waals surface area contributed by atoms with E-state index in [1.165, 1.54) is 0 Å². The molecule has 0 aliphatic carbocycles. The molecule has 0 unspecified atom stereocenters. The van der Waals surface area contributed by atoms with Crippen LogP contribution in [-0.2, 0) is 11.3 Å². The lowest BCUT2D eigenvalue weighted by Gasteiger charge is -2.33. The number of aromatic hydroxyl groups is 1. The molecule has 4 nitrogen and oxygen atoms in total. The van der Waals surface area contributed by atoms with E-state index in [2.05, 4.69) is 32.8 Å². The van der Waals surface area contributed by atoms with Crippen molar-refractivity contribution in [1.29, 1.82) is 0 Å². The van der Waals surface area contributed by atoms with Gasteiger partial charge in [-0.3, -0.25) is 9.80 Å². The molecule has 0 aromatic heterocycles. The first-order valence-corrected chi connectivity index (χ1v) is 7.44. The van der Waals surface area contributed by atoms with E-state index in [-0.39, 0.29) is 0 Å². The van der Waals surface area contributed by atoms with E-state index in [1.807, 2.05) is 12.1 Å². The molecule has 3 rings (SSSR count). The number of morpholine rings is 1. The maximum absolute atomic E-state index is 9.59. The molecule has 0 saturated carbocycles. The molecule has 104 valence electrons. The number of phenolic OH excluding ortho intramolecular Hbond substituents is 1. The summed E-state index contributed by atoms with van der Waals surface area (Å²) in [6.45, 7) is 4.70. The zero-order chi connectivity index (χ0) is 13.4. The Bertz CT molecular complexity index is 469. The highest BCUT2D eigenvalue weighted by atomic mass is 79.9. The van der Waals surface area contributed by atoms with Gasteiger partial charge in [-0.1, -0.05) is 15.9 Å². The molecule has 0 spiro atoms. The molecule has 19 heavy (non-hydrogen) atoms. The number of likely N-dealkylation sites (N-methyl/N-ethyl adjacent to an activating group) is 1. The molecule has 1 aromatic rings. The minimum Gasteiger partial charge on any atom is -0.508 e. The number of ether oxygens (including phenoxy) is 1. The number of hydrogen-bond acceptors (Lipinski definition) is 4. The lowest BCUT2D eigenvalue weighted by molar-refractivity contribution is -0.0370. The van der Waals surface area contributed by atoms with Gasteiger partial charge in [-0.25, -0.2) is 0 Å². The summed E-state index contributed by atoms with van der Waals surface area (Å²) >= 11 is 3.55.